The first-order valence-electron chi connectivity index (χ1n) is 8.81. The molecule has 0 spiro atoms. The van der Waals surface area contributed by atoms with Gasteiger partial charge in [-0.3, -0.25) is 19.7 Å². The summed E-state index contributed by atoms with van der Waals surface area (Å²) in [6, 6.07) is 5.01. The fourth-order valence-corrected chi connectivity index (χ4v) is 3.11. The van der Waals surface area contributed by atoms with Crippen molar-refractivity contribution in [3.8, 4) is 0 Å². The minimum absolute atomic E-state index is 0.125. The van der Waals surface area contributed by atoms with Gasteiger partial charge in [0.15, 0.2) is 0 Å². The summed E-state index contributed by atoms with van der Waals surface area (Å²) in [5, 5.41) is 5.73. The monoisotopic (exact) mass is 345 g/mol. The van der Waals surface area contributed by atoms with Crippen LogP contribution in [0.2, 0.25) is 0 Å². The fraction of sp³-hybridized carbons (Fsp3) is 0.526. The van der Waals surface area contributed by atoms with Crippen molar-refractivity contribution in [2.45, 2.75) is 65.6 Å². The second kappa shape index (κ2) is 7.25. The van der Waals surface area contributed by atoms with Crippen LogP contribution >= 0.6 is 0 Å². The Balaban J connectivity index is 0.00000109. The molecule has 6 heteroatoms. The van der Waals surface area contributed by atoms with Gasteiger partial charge in [-0.2, -0.15) is 0 Å². The van der Waals surface area contributed by atoms with E-state index in [1.807, 2.05) is 26.0 Å². The maximum Gasteiger partial charge on any atom is 0.255 e. The summed E-state index contributed by atoms with van der Waals surface area (Å²) in [4.78, 5) is 37.6. The zero-order valence-corrected chi connectivity index (χ0v) is 15.6. The van der Waals surface area contributed by atoms with Crippen molar-refractivity contribution in [3.63, 3.8) is 0 Å². The van der Waals surface area contributed by atoms with E-state index < -0.39 is 6.04 Å². The average Bonchev–Trinajstić information content (AvgIpc) is 2.86. The molecule has 1 atom stereocenters. The number of fused-ring (bicyclic) bond motifs is 1. The van der Waals surface area contributed by atoms with E-state index in [-0.39, 0.29) is 29.7 Å². The maximum absolute atomic E-state index is 12.7. The molecule has 1 unspecified atom stereocenters. The molecule has 1 aromatic carbocycles. The number of nitrogens with zero attached hydrogens (tertiary/aromatic N) is 1. The largest absolute Gasteiger partial charge is 0.380 e. The molecule has 0 saturated carbocycles. The summed E-state index contributed by atoms with van der Waals surface area (Å²) >= 11 is 0. The lowest BCUT2D eigenvalue weighted by molar-refractivity contribution is -0.136. The Morgan fingerprint density at radius 3 is 2.44 bits per heavy atom. The van der Waals surface area contributed by atoms with Gasteiger partial charge in [-0.15, -0.1) is 0 Å². The van der Waals surface area contributed by atoms with Crippen LogP contribution in [0.3, 0.4) is 0 Å². The van der Waals surface area contributed by atoms with Gasteiger partial charge in [0, 0.05) is 35.3 Å². The number of imide groups is 1. The number of benzene rings is 1. The van der Waals surface area contributed by atoms with Gasteiger partial charge in [-0.25, -0.2) is 0 Å². The summed E-state index contributed by atoms with van der Waals surface area (Å²) in [5.41, 5.74) is 2.33. The van der Waals surface area contributed by atoms with E-state index in [4.69, 9.17) is 0 Å². The average molecular weight is 345 g/mol. The number of amides is 3. The van der Waals surface area contributed by atoms with Crippen molar-refractivity contribution in [2.24, 2.45) is 0 Å². The summed E-state index contributed by atoms with van der Waals surface area (Å²) in [7, 11) is 0. The van der Waals surface area contributed by atoms with Crippen LogP contribution in [0.25, 0.3) is 0 Å². The SMILES string of the molecule is CC.CC(C)(C)Nc1cccc2c1CN(C1CCC(=O)NC1=O)C2=O. The van der Waals surface area contributed by atoms with Crippen molar-refractivity contribution < 1.29 is 14.4 Å². The second-order valence-electron chi connectivity index (χ2n) is 7.11. The molecule has 2 N–H and O–H groups in total. The molecule has 1 fully saturated rings. The first-order valence-corrected chi connectivity index (χ1v) is 8.81. The third-order valence-electron chi connectivity index (χ3n) is 4.09. The van der Waals surface area contributed by atoms with Crippen LogP contribution in [0.1, 0.15) is 63.4 Å². The van der Waals surface area contributed by atoms with Crippen LogP contribution in [0, 0.1) is 0 Å². The van der Waals surface area contributed by atoms with E-state index >= 15 is 0 Å². The minimum Gasteiger partial charge on any atom is -0.380 e. The number of hydrogen-bond donors (Lipinski definition) is 2. The van der Waals surface area contributed by atoms with Crippen molar-refractivity contribution in [2.75, 3.05) is 5.32 Å². The van der Waals surface area contributed by atoms with Gasteiger partial charge < -0.3 is 10.2 Å². The molecule has 2 aliphatic rings. The molecule has 0 aliphatic carbocycles. The number of carbonyl (C=O) groups is 3. The molecule has 0 bridgehead atoms. The Labute approximate surface area is 149 Å². The summed E-state index contributed by atoms with van der Waals surface area (Å²) < 4.78 is 0. The Morgan fingerprint density at radius 2 is 1.84 bits per heavy atom. The Kier molecular flexibility index (Phi) is 5.50. The maximum atomic E-state index is 12.7. The lowest BCUT2D eigenvalue weighted by atomic mass is 10.0. The highest BCUT2D eigenvalue weighted by atomic mass is 16.2. The van der Waals surface area contributed by atoms with Crippen LogP contribution in [0.15, 0.2) is 18.2 Å². The minimum atomic E-state index is -0.574. The third-order valence-corrected chi connectivity index (χ3v) is 4.09. The lowest BCUT2D eigenvalue weighted by Gasteiger charge is -2.29. The van der Waals surface area contributed by atoms with E-state index in [1.54, 1.807) is 11.0 Å². The summed E-state index contributed by atoms with van der Waals surface area (Å²) in [5.74, 6) is -0.801. The zero-order chi connectivity index (χ0) is 18.8. The van der Waals surface area contributed by atoms with Gasteiger partial charge >= 0.3 is 0 Å². The highest BCUT2D eigenvalue weighted by molar-refractivity contribution is 6.06. The predicted octanol–water partition coefficient (Wildman–Crippen LogP) is 2.68. The summed E-state index contributed by atoms with van der Waals surface area (Å²) in [6.45, 7) is 10.6. The molecule has 6 nitrogen and oxygen atoms in total. The standard InChI is InChI=1S/C17H21N3O3.C2H6/c1-17(2,3)19-12-6-4-5-10-11(12)9-20(16(10)23)13-7-8-14(21)18-15(13)22;1-2/h4-6,13,19H,7-9H2,1-3H3,(H,18,21,22);1-2H3. The Hall–Kier alpha value is -2.37. The molecule has 25 heavy (non-hydrogen) atoms. The van der Waals surface area contributed by atoms with Crippen molar-refractivity contribution in [1.82, 2.24) is 10.2 Å². The van der Waals surface area contributed by atoms with E-state index in [0.29, 0.717) is 18.5 Å². The van der Waals surface area contributed by atoms with E-state index in [9.17, 15) is 14.4 Å². The topological polar surface area (TPSA) is 78.5 Å². The number of piperidine rings is 1. The quantitative estimate of drug-likeness (QED) is 0.808. The molecule has 136 valence electrons. The summed E-state index contributed by atoms with van der Waals surface area (Å²) in [6.07, 6.45) is 0.649. The van der Waals surface area contributed by atoms with Gasteiger partial charge in [0.25, 0.3) is 5.91 Å². The van der Waals surface area contributed by atoms with Crippen molar-refractivity contribution >= 4 is 23.4 Å². The molecule has 2 heterocycles. The van der Waals surface area contributed by atoms with Crippen LogP contribution in [0.4, 0.5) is 5.69 Å². The van der Waals surface area contributed by atoms with Crippen LogP contribution in [-0.2, 0) is 16.1 Å². The second-order valence-corrected chi connectivity index (χ2v) is 7.11. The molecular weight excluding hydrogens is 318 g/mol. The van der Waals surface area contributed by atoms with Gasteiger partial charge in [0.1, 0.15) is 6.04 Å². The fourth-order valence-electron chi connectivity index (χ4n) is 3.11. The number of rotatable bonds is 2. The first kappa shape index (κ1) is 19.0. The highest BCUT2D eigenvalue weighted by Crippen LogP contribution is 2.33. The van der Waals surface area contributed by atoms with Crippen molar-refractivity contribution in [3.05, 3.63) is 29.3 Å². The van der Waals surface area contributed by atoms with Gasteiger partial charge in [0.2, 0.25) is 11.8 Å². The molecular formula is C19H27N3O3. The highest BCUT2D eigenvalue weighted by Gasteiger charge is 2.39. The van der Waals surface area contributed by atoms with E-state index in [2.05, 4.69) is 31.4 Å². The third kappa shape index (κ3) is 4.00. The van der Waals surface area contributed by atoms with E-state index in [0.717, 1.165) is 11.3 Å². The Bertz CT molecular complexity index is 692. The molecule has 3 rings (SSSR count). The molecule has 1 aromatic rings. The van der Waals surface area contributed by atoms with Gasteiger partial charge in [-0.05, 0) is 39.3 Å². The van der Waals surface area contributed by atoms with Crippen molar-refractivity contribution in [1.29, 1.82) is 0 Å². The van der Waals surface area contributed by atoms with Gasteiger partial charge in [-0.1, -0.05) is 19.9 Å². The lowest BCUT2D eigenvalue weighted by Crippen LogP contribution is -2.52. The van der Waals surface area contributed by atoms with Crippen LogP contribution in [0.5, 0.6) is 0 Å². The molecule has 3 amide bonds. The van der Waals surface area contributed by atoms with E-state index in [1.165, 1.54) is 0 Å². The number of anilines is 1. The number of hydrogen-bond acceptors (Lipinski definition) is 4. The van der Waals surface area contributed by atoms with Crippen LogP contribution in [-0.4, -0.2) is 34.2 Å². The molecule has 1 saturated heterocycles. The van der Waals surface area contributed by atoms with Crippen LogP contribution < -0.4 is 10.6 Å². The number of carbonyl (C=O) groups excluding carboxylic acids is 3. The van der Waals surface area contributed by atoms with Gasteiger partial charge in [0.05, 0.1) is 0 Å². The predicted molar refractivity (Wildman–Crippen MR) is 97.2 cm³/mol. The normalized spacial score (nSPS) is 19.8. The molecule has 2 aliphatic heterocycles. The number of nitrogens with one attached hydrogen (secondary N) is 2. The first-order chi connectivity index (χ1) is 11.8. The zero-order valence-electron chi connectivity index (χ0n) is 15.6. The molecule has 0 radical (unpaired) electrons. The smallest absolute Gasteiger partial charge is 0.255 e. The Morgan fingerprint density at radius 1 is 1.16 bits per heavy atom. The molecule has 0 aromatic heterocycles.